The zero-order chi connectivity index (χ0) is 34.2. The van der Waals surface area contributed by atoms with E-state index in [1.165, 1.54) is 6.07 Å². The van der Waals surface area contributed by atoms with E-state index >= 15 is 4.39 Å². The lowest BCUT2D eigenvalue weighted by Crippen LogP contribution is -2.62. The molecule has 0 spiro atoms. The molecule has 3 aliphatic rings. The van der Waals surface area contributed by atoms with Crippen molar-refractivity contribution in [3.63, 3.8) is 0 Å². The van der Waals surface area contributed by atoms with Gasteiger partial charge in [0.25, 0.3) is 5.91 Å². The maximum Gasteiger partial charge on any atom is 0.257 e. The van der Waals surface area contributed by atoms with E-state index in [0.29, 0.717) is 55.1 Å². The Bertz CT molecular complexity index is 1990. The van der Waals surface area contributed by atoms with Gasteiger partial charge in [0.2, 0.25) is 5.43 Å². The minimum absolute atomic E-state index is 0.0260. The first-order chi connectivity index (χ1) is 22.6. The summed E-state index contributed by atoms with van der Waals surface area (Å²) in [5.74, 6) is -0.197. The van der Waals surface area contributed by atoms with Gasteiger partial charge in [0.05, 0.1) is 16.7 Å². The molecule has 9 nitrogen and oxygen atoms in total. The van der Waals surface area contributed by atoms with E-state index in [2.05, 4.69) is 43.6 Å². The molecule has 10 heteroatoms. The Morgan fingerprint density at radius 2 is 1.77 bits per heavy atom. The average Bonchev–Trinajstić information content (AvgIpc) is 3.47. The molecule has 4 heterocycles. The van der Waals surface area contributed by atoms with Crippen molar-refractivity contribution in [3.8, 4) is 17.2 Å². The highest BCUT2D eigenvalue weighted by Crippen LogP contribution is 2.48. The number of benzene rings is 3. The molecule has 1 aromatic heterocycles. The van der Waals surface area contributed by atoms with E-state index in [1.54, 1.807) is 13.3 Å². The minimum atomic E-state index is -0.553. The number of methoxy groups -OCH3 is 1. The molecule has 3 aromatic carbocycles. The normalized spacial score (nSPS) is 20.2. The Labute approximate surface area is 280 Å². The highest BCUT2D eigenvalue weighted by atomic mass is 19.1. The summed E-state index contributed by atoms with van der Waals surface area (Å²) in [5, 5.41) is 12.4. The zero-order valence-electron chi connectivity index (χ0n) is 28.9. The highest BCUT2D eigenvalue weighted by Gasteiger charge is 2.39. The van der Waals surface area contributed by atoms with Crippen molar-refractivity contribution in [1.29, 1.82) is 0 Å². The van der Waals surface area contributed by atoms with Gasteiger partial charge >= 0.3 is 0 Å². The summed E-state index contributed by atoms with van der Waals surface area (Å²) in [6.45, 7) is 14.3. The third-order valence-corrected chi connectivity index (χ3v) is 10.1. The van der Waals surface area contributed by atoms with Gasteiger partial charge in [-0.05, 0) is 89.8 Å². The molecule has 1 unspecified atom stereocenters. The van der Waals surface area contributed by atoms with Crippen LogP contribution in [0.15, 0.2) is 53.5 Å². The molecule has 48 heavy (non-hydrogen) atoms. The number of pyridine rings is 1. The largest absolute Gasteiger partial charge is 0.451 e. The molecule has 1 atom stereocenters. The molecule has 2 saturated heterocycles. The van der Waals surface area contributed by atoms with Crippen molar-refractivity contribution in [3.05, 3.63) is 70.3 Å². The Morgan fingerprint density at radius 3 is 2.46 bits per heavy atom. The van der Waals surface area contributed by atoms with Crippen LogP contribution in [0.1, 0.15) is 71.2 Å². The molecule has 254 valence electrons. The first-order valence-corrected chi connectivity index (χ1v) is 16.9. The molecule has 4 aromatic rings. The fourth-order valence-electron chi connectivity index (χ4n) is 8.03. The SMILES string of the molecule is COC(C)(C)CNC1CCN(c2c(F)cc3c(=O)c(C(=O)NC4CC(C)(C)NC(C)(C)C4)cn4c3c2Oc2cc3ccccc3cc2-4)C1. The number of hydrogen-bond acceptors (Lipinski definition) is 7. The Morgan fingerprint density at radius 1 is 1.08 bits per heavy atom. The second kappa shape index (κ2) is 11.6. The van der Waals surface area contributed by atoms with Gasteiger partial charge in [0, 0.05) is 56.1 Å². The van der Waals surface area contributed by atoms with Crippen molar-refractivity contribution in [2.45, 2.75) is 89.6 Å². The highest BCUT2D eigenvalue weighted by molar-refractivity contribution is 6.02. The number of aromatic nitrogens is 1. The third-order valence-electron chi connectivity index (χ3n) is 10.1. The third kappa shape index (κ3) is 5.95. The number of amides is 1. The molecule has 0 saturated carbocycles. The molecular weight excluding hydrogens is 609 g/mol. The number of anilines is 1. The lowest BCUT2D eigenvalue weighted by atomic mass is 9.79. The number of nitrogens with zero attached hydrogens (tertiary/aromatic N) is 2. The molecule has 0 bridgehead atoms. The van der Waals surface area contributed by atoms with Crippen LogP contribution in [0, 0.1) is 5.82 Å². The van der Waals surface area contributed by atoms with Crippen LogP contribution >= 0.6 is 0 Å². The Balaban J connectivity index is 1.33. The molecule has 2 fully saturated rings. The van der Waals surface area contributed by atoms with Crippen LogP contribution in [-0.2, 0) is 4.74 Å². The molecule has 1 amide bonds. The van der Waals surface area contributed by atoms with Crippen LogP contribution in [0.25, 0.3) is 27.4 Å². The summed E-state index contributed by atoms with van der Waals surface area (Å²) < 4.78 is 30.4. The fourth-order valence-corrected chi connectivity index (χ4v) is 8.03. The molecule has 7 rings (SSSR count). The van der Waals surface area contributed by atoms with Crippen LogP contribution in [0.2, 0.25) is 0 Å². The summed E-state index contributed by atoms with van der Waals surface area (Å²) >= 11 is 0. The lowest BCUT2D eigenvalue weighted by Gasteiger charge is -2.46. The van der Waals surface area contributed by atoms with Crippen molar-refractivity contribution in [2.75, 3.05) is 31.6 Å². The number of ether oxygens (including phenoxy) is 2. The van der Waals surface area contributed by atoms with Gasteiger partial charge in [-0.25, -0.2) is 4.39 Å². The average molecular weight is 656 g/mol. The van der Waals surface area contributed by atoms with Crippen molar-refractivity contribution in [2.24, 2.45) is 0 Å². The van der Waals surface area contributed by atoms with E-state index < -0.39 is 17.2 Å². The topological polar surface area (TPSA) is 96.9 Å². The monoisotopic (exact) mass is 655 g/mol. The van der Waals surface area contributed by atoms with E-state index in [4.69, 9.17) is 9.47 Å². The number of piperidine rings is 1. The van der Waals surface area contributed by atoms with Crippen LogP contribution in [0.3, 0.4) is 0 Å². The number of halogens is 1. The quantitative estimate of drug-likeness (QED) is 0.197. The number of carbonyl (C=O) groups excluding carboxylic acids is 1. The maximum atomic E-state index is 16.4. The predicted octanol–water partition coefficient (Wildman–Crippen LogP) is 6.02. The molecular formula is C38H46FN5O4. The van der Waals surface area contributed by atoms with Gasteiger partial charge in [-0.2, -0.15) is 0 Å². The molecule has 3 aliphatic heterocycles. The van der Waals surface area contributed by atoms with Gasteiger partial charge in [-0.1, -0.05) is 24.3 Å². The summed E-state index contributed by atoms with van der Waals surface area (Å²) in [5.41, 5.74) is 0.196. The Kier molecular flexibility index (Phi) is 7.84. The van der Waals surface area contributed by atoms with Gasteiger partial charge in [-0.3, -0.25) is 9.59 Å². The van der Waals surface area contributed by atoms with Crippen LogP contribution in [-0.4, -0.2) is 66.0 Å². The van der Waals surface area contributed by atoms with Crippen molar-refractivity contribution >= 4 is 33.3 Å². The van der Waals surface area contributed by atoms with E-state index in [-0.39, 0.29) is 45.5 Å². The van der Waals surface area contributed by atoms with Crippen molar-refractivity contribution in [1.82, 2.24) is 20.5 Å². The molecule has 0 aliphatic carbocycles. The van der Waals surface area contributed by atoms with Crippen LogP contribution in [0.4, 0.5) is 10.1 Å². The molecule has 3 N–H and O–H groups in total. The van der Waals surface area contributed by atoms with Gasteiger partial charge < -0.3 is 34.9 Å². The Hall–Kier alpha value is -3.99. The number of carbonyl (C=O) groups is 1. The second-order valence-corrected chi connectivity index (χ2v) is 15.7. The first-order valence-electron chi connectivity index (χ1n) is 16.9. The van der Waals surface area contributed by atoms with Gasteiger partial charge in [-0.15, -0.1) is 0 Å². The summed E-state index contributed by atoms with van der Waals surface area (Å²) in [6, 6.07) is 13.1. The number of rotatable bonds is 7. The van der Waals surface area contributed by atoms with E-state index in [1.807, 2.05) is 59.7 Å². The first kappa shape index (κ1) is 32.6. The predicted molar refractivity (Wildman–Crippen MR) is 189 cm³/mol. The summed E-state index contributed by atoms with van der Waals surface area (Å²) in [6.07, 6.45) is 3.85. The van der Waals surface area contributed by atoms with E-state index in [0.717, 1.165) is 17.2 Å². The number of nitrogens with one attached hydrogen (secondary N) is 3. The lowest BCUT2D eigenvalue weighted by molar-refractivity contribution is 0.0215. The minimum Gasteiger partial charge on any atom is -0.451 e. The maximum absolute atomic E-state index is 16.4. The van der Waals surface area contributed by atoms with Crippen LogP contribution in [0.5, 0.6) is 11.5 Å². The van der Waals surface area contributed by atoms with E-state index in [9.17, 15) is 9.59 Å². The number of fused-ring (bicyclic) bond motifs is 3. The summed E-state index contributed by atoms with van der Waals surface area (Å²) in [4.78, 5) is 30.1. The number of hydrogen-bond donors (Lipinski definition) is 3. The smallest absolute Gasteiger partial charge is 0.257 e. The van der Waals surface area contributed by atoms with Gasteiger partial charge in [0.15, 0.2) is 17.3 Å². The molecule has 0 radical (unpaired) electrons. The van der Waals surface area contributed by atoms with Gasteiger partial charge in [0.1, 0.15) is 16.8 Å². The standard InChI is InChI=1S/C38H46FN5O4/c1-36(2)17-25(18-37(3,4)42-36)41-35(46)27-20-44-29-14-22-10-8-9-11-23(22)15-30(29)48-34-31(44)26(33(27)45)16-28(39)32(34)43-13-12-24(19-43)40-21-38(5,6)47-7/h8-11,14-16,20,24-25,40,42H,12-13,17-19,21H2,1-7H3,(H,41,46). The second-order valence-electron chi connectivity index (χ2n) is 15.7. The zero-order valence-corrected chi connectivity index (χ0v) is 28.9. The van der Waals surface area contributed by atoms with Crippen molar-refractivity contribution < 1.29 is 18.7 Å². The fraction of sp³-hybridized carbons (Fsp3) is 0.474. The van der Waals surface area contributed by atoms with Crippen LogP contribution < -0.4 is 31.0 Å². The summed E-state index contributed by atoms with van der Waals surface area (Å²) in [7, 11) is 1.69.